The van der Waals surface area contributed by atoms with Crippen LogP contribution in [0, 0.1) is 11.3 Å². The highest BCUT2D eigenvalue weighted by Crippen LogP contribution is 2.47. The van der Waals surface area contributed by atoms with Crippen LogP contribution in [0.25, 0.3) is 22.3 Å². The van der Waals surface area contributed by atoms with Crippen LogP contribution in [0.4, 0.5) is 0 Å². The Kier molecular flexibility index (Phi) is 7.04. The second kappa shape index (κ2) is 11.2. The van der Waals surface area contributed by atoms with Crippen molar-refractivity contribution >= 4 is 11.0 Å². The molecule has 1 fully saturated rings. The van der Waals surface area contributed by atoms with E-state index in [0.717, 1.165) is 77.2 Å². The average Bonchev–Trinajstić information content (AvgIpc) is 3.63. The van der Waals surface area contributed by atoms with Gasteiger partial charge in [-0.15, -0.1) is 0 Å². The zero-order chi connectivity index (χ0) is 29.4. The van der Waals surface area contributed by atoms with Gasteiger partial charge >= 0.3 is 0 Å². The van der Waals surface area contributed by atoms with E-state index in [9.17, 15) is 5.26 Å². The first-order chi connectivity index (χ1) is 21.1. The van der Waals surface area contributed by atoms with Crippen LogP contribution in [-0.4, -0.2) is 47.1 Å². The minimum Gasteiger partial charge on any atom is -0.497 e. The molecule has 2 aliphatic rings. The first-order valence-electron chi connectivity index (χ1n) is 14.9. The van der Waals surface area contributed by atoms with Gasteiger partial charge in [-0.05, 0) is 79.7 Å². The van der Waals surface area contributed by atoms with Gasteiger partial charge in [0.25, 0.3) is 0 Å². The van der Waals surface area contributed by atoms with Gasteiger partial charge in [-0.3, -0.25) is 9.67 Å². The Bertz CT molecular complexity index is 1820. The number of nitrogens with one attached hydrogen (secondary N) is 1. The highest BCUT2D eigenvalue weighted by atomic mass is 16.5. The van der Waals surface area contributed by atoms with Gasteiger partial charge in [0, 0.05) is 29.4 Å². The summed E-state index contributed by atoms with van der Waals surface area (Å²) >= 11 is 0. The predicted octanol–water partition coefficient (Wildman–Crippen LogP) is 5.78. The van der Waals surface area contributed by atoms with Crippen LogP contribution < -0.4 is 14.8 Å². The van der Waals surface area contributed by atoms with E-state index in [2.05, 4.69) is 29.6 Å². The number of ether oxygens (including phenoxy) is 2. The molecular weight excluding hydrogens is 536 g/mol. The summed E-state index contributed by atoms with van der Waals surface area (Å²) in [4.78, 5) is 10.2. The zero-order valence-corrected chi connectivity index (χ0v) is 24.5. The molecule has 1 aliphatic heterocycles. The number of nitriles is 1. The highest BCUT2D eigenvalue weighted by molar-refractivity contribution is 5.91. The van der Waals surface area contributed by atoms with Crippen LogP contribution in [-0.2, 0) is 18.4 Å². The quantitative estimate of drug-likeness (QED) is 0.265. The summed E-state index contributed by atoms with van der Waals surface area (Å²) in [5.74, 6) is 1.86. The summed E-state index contributed by atoms with van der Waals surface area (Å²) in [6, 6.07) is 25.1. The number of fused-ring (bicyclic) bond motifs is 2. The van der Waals surface area contributed by atoms with Crippen LogP contribution in [0.5, 0.6) is 11.5 Å². The van der Waals surface area contributed by atoms with Crippen molar-refractivity contribution in [2.75, 3.05) is 27.3 Å². The fourth-order valence-electron chi connectivity index (χ4n) is 6.69. The molecule has 1 aliphatic carbocycles. The van der Waals surface area contributed by atoms with Crippen molar-refractivity contribution in [1.82, 2.24) is 25.1 Å². The summed E-state index contributed by atoms with van der Waals surface area (Å²) in [5, 5.41) is 19.2. The minimum absolute atomic E-state index is 0.464. The highest BCUT2D eigenvalue weighted by Gasteiger charge is 2.44. The second-order valence-electron chi connectivity index (χ2n) is 11.4. The monoisotopic (exact) mass is 570 g/mol. The molecule has 1 saturated heterocycles. The molecule has 1 atom stereocenters. The fraction of sp³-hybridized carbons (Fsp3) is 0.314. The number of aryl methyl sites for hydroxylation is 1. The Morgan fingerprint density at radius 2 is 1.84 bits per heavy atom. The van der Waals surface area contributed by atoms with E-state index in [1.54, 1.807) is 14.2 Å². The lowest BCUT2D eigenvalue weighted by Crippen LogP contribution is -2.27. The van der Waals surface area contributed by atoms with Crippen molar-refractivity contribution in [3.8, 4) is 28.8 Å². The van der Waals surface area contributed by atoms with E-state index in [-0.39, 0.29) is 0 Å². The molecule has 1 N–H and O–H groups in total. The van der Waals surface area contributed by atoms with Crippen molar-refractivity contribution in [1.29, 1.82) is 5.26 Å². The fourth-order valence-corrected chi connectivity index (χ4v) is 6.69. The van der Waals surface area contributed by atoms with Crippen LogP contribution in [0.2, 0.25) is 0 Å². The molecule has 2 aromatic carbocycles. The molecule has 0 spiro atoms. The number of aromatic nitrogens is 4. The number of nitrogens with zero attached hydrogens (tertiary/aromatic N) is 5. The molecule has 7 rings (SSSR count). The number of benzene rings is 2. The third-order valence-corrected chi connectivity index (χ3v) is 9.06. The van der Waals surface area contributed by atoms with Gasteiger partial charge in [-0.2, -0.15) is 10.4 Å². The first kappa shape index (κ1) is 27.1. The lowest BCUT2D eigenvalue weighted by Gasteiger charge is -2.24. The first-order valence-corrected chi connectivity index (χ1v) is 14.9. The van der Waals surface area contributed by atoms with Crippen LogP contribution in [0.15, 0.2) is 72.9 Å². The molecule has 8 nitrogen and oxygen atoms in total. The summed E-state index contributed by atoms with van der Waals surface area (Å²) < 4.78 is 13.3. The van der Waals surface area contributed by atoms with E-state index in [0.29, 0.717) is 30.3 Å². The molecule has 1 unspecified atom stereocenters. The molecule has 216 valence electrons. The molecule has 5 aromatic rings. The van der Waals surface area contributed by atoms with Crippen molar-refractivity contribution in [3.63, 3.8) is 0 Å². The maximum atomic E-state index is 10.7. The number of piperidine rings is 1. The molecule has 0 amide bonds. The third-order valence-electron chi connectivity index (χ3n) is 9.06. The van der Waals surface area contributed by atoms with E-state index in [1.165, 1.54) is 5.56 Å². The summed E-state index contributed by atoms with van der Waals surface area (Å²) in [5.41, 5.74) is 7.35. The number of pyridine rings is 2. The Balaban J connectivity index is 1.39. The van der Waals surface area contributed by atoms with E-state index in [4.69, 9.17) is 24.5 Å². The van der Waals surface area contributed by atoms with Crippen molar-refractivity contribution in [2.45, 2.75) is 43.6 Å². The number of hydrogen-bond donors (Lipinski definition) is 1. The summed E-state index contributed by atoms with van der Waals surface area (Å²) in [6.45, 7) is 2.58. The van der Waals surface area contributed by atoms with Gasteiger partial charge in [-0.1, -0.05) is 36.4 Å². The zero-order valence-electron chi connectivity index (χ0n) is 24.5. The third kappa shape index (κ3) is 4.70. The Morgan fingerprint density at radius 1 is 1.02 bits per heavy atom. The number of hydrogen-bond acceptors (Lipinski definition) is 7. The van der Waals surface area contributed by atoms with E-state index in [1.807, 2.05) is 59.4 Å². The maximum absolute atomic E-state index is 10.7. The second-order valence-corrected chi connectivity index (χ2v) is 11.4. The van der Waals surface area contributed by atoms with Crippen molar-refractivity contribution in [3.05, 3.63) is 101 Å². The average molecular weight is 571 g/mol. The van der Waals surface area contributed by atoms with Gasteiger partial charge in [0.15, 0.2) is 0 Å². The Labute approximate surface area is 251 Å². The summed E-state index contributed by atoms with van der Waals surface area (Å²) in [6.07, 6.45) is 5.58. The minimum atomic E-state index is -0.900. The van der Waals surface area contributed by atoms with Gasteiger partial charge in [0.2, 0.25) is 0 Å². The van der Waals surface area contributed by atoms with Crippen LogP contribution in [0.3, 0.4) is 0 Å². The van der Waals surface area contributed by atoms with E-state index < -0.39 is 5.41 Å². The van der Waals surface area contributed by atoms with Gasteiger partial charge in [-0.25, -0.2) is 4.98 Å². The lowest BCUT2D eigenvalue weighted by atomic mass is 9.79. The van der Waals surface area contributed by atoms with Crippen molar-refractivity contribution < 1.29 is 9.47 Å². The largest absolute Gasteiger partial charge is 0.497 e. The van der Waals surface area contributed by atoms with Crippen LogP contribution in [0.1, 0.15) is 53.3 Å². The van der Waals surface area contributed by atoms with Gasteiger partial charge in [0.1, 0.15) is 33.8 Å². The summed E-state index contributed by atoms with van der Waals surface area (Å²) in [7, 11) is 3.31. The topological polar surface area (TPSA) is 97.9 Å². The molecular formula is C35H34N6O2. The maximum Gasteiger partial charge on any atom is 0.144 e. The smallest absolute Gasteiger partial charge is 0.144 e. The Morgan fingerprint density at radius 3 is 2.56 bits per heavy atom. The SMILES string of the molecule is COc1ccc(Cn2nc(-c3ccc(C4CCNCC4)nc3)c3nc(C4(C#N)CCc5ccccc54)c(OC)cc32)cc1. The molecule has 0 bridgehead atoms. The van der Waals surface area contributed by atoms with Crippen LogP contribution >= 0.6 is 0 Å². The number of rotatable bonds is 7. The van der Waals surface area contributed by atoms with Gasteiger partial charge < -0.3 is 14.8 Å². The standard InChI is InChI=1S/C35H34N6O2/c1-42-27-10-7-23(8-11-27)21-41-30-19-31(43-2)34(35(22-36)16-13-24-5-3-4-6-28(24)35)39-33(30)32(40-41)26-9-12-29(38-20-26)25-14-17-37-18-15-25/h3-12,19-20,25,37H,13-18,21H2,1-2H3. The Hall–Kier alpha value is -4.74. The number of methoxy groups -OCH3 is 2. The van der Waals surface area contributed by atoms with E-state index >= 15 is 0 Å². The molecule has 43 heavy (non-hydrogen) atoms. The molecule has 0 saturated carbocycles. The molecule has 3 aromatic heterocycles. The van der Waals surface area contributed by atoms with Crippen molar-refractivity contribution in [2.24, 2.45) is 0 Å². The molecule has 4 heterocycles. The normalized spacial score (nSPS) is 18.3. The molecule has 0 radical (unpaired) electrons. The molecule has 8 heteroatoms. The lowest BCUT2D eigenvalue weighted by molar-refractivity contribution is 0.399. The predicted molar refractivity (Wildman–Crippen MR) is 165 cm³/mol. The van der Waals surface area contributed by atoms with Gasteiger partial charge in [0.05, 0.1) is 32.4 Å².